The number of nitrogens with zero attached hydrogens (tertiary/aromatic N) is 2. The van der Waals surface area contributed by atoms with Crippen LogP contribution in [0.5, 0.6) is 11.5 Å². The highest BCUT2D eigenvalue weighted by atomic mass is 16.5. The van der Waals surface area contributed by atoms with Crippen molar-refractivity contribution in [3.8, 4) is 11.5 Å². The van der Waals surface area contributed by atoms with Gasteiger partial charge in [-0.2, -0.15) is 0 Å². The number of benzene rings is 2. The Balaban J connectivity index is 1.92. The Morgan fingerprint density at radius 2 is 1.73 bits per heavy atom. The highest BCUT2D eigenvalue weighted by Crippen LogP contribution is 2.39. The van der Waals surface area contributed by atoms with Crippen LogP contribution < -0.4 is 9.47 Å². The van der Waals surface area contributed by atoms with Gasteiger partial charge in [0.2, 0.25) is 0 Å². The summed E-state index contributed by atoms with van der Waals surface area (Å²) in [6, 6.07) is 15.2. The van der Waals surface area contributed by atoms with E-state index in [0.29, 0.717) is 12.5 Å². The lowest BCUT2D eigenvalue weighted by Gasteiger charge is -2.37. The third-order valence-corrected chi connectivity index (χ3v) is 6.18. The molecular weight excluding hydrogens is 412 g/mol. The quantitative estimate of drug-likeness (QED) is 0.361. The maximum absolute atomic E-state index is 6.06. The first-order chi connectivity index (χ1) is 15.7. The van der Waals surface area contributed by atoms with Gasteiger partial charge in [-0.15, -0.1) is 0 Å². The predicted molar refractivity (Wildman–Crippen MR) is 136 cm³/mol. The van der Waals surface area contributed by atoms with E-state index in [1.54, 1.807) is 14.2 Å². The molecule has 0 unspecified atom stereocenters. The first-order valence-corrected chi connectivity index (χ1v) is 11.9. The molecule has 0 N–H and O–H groups in total. The number of methoxy groups -OCH3 is 2. The van der Waals surface area contributed by atoms with E-state index in [4.69, 9.17) is 19.2 Å². The molecule has 0 aliphatic carbocycles. The van der Waals surface area contributed by atoms with Crippen LogP contribution in [0.2, 0.25) is 0 Å². The highest BCUT2D eigenvalue weighted by molar-refractivity contribution is 5.59. The Kier molecular flexibility index (Phi) is 8.41. The van der Waals surface area contributed by atoms with Gasteiger partial charge < -0.3 is 19.1 Å². The SMILES string of the molecule is COc1cc2c(cc1OC)[C@H](Cc1ccccc1)N(C=N[C@H](COC(C)(C)C)C(C)C)CC2. The number of hydrogen-bond acceptors (Lipinski definition) is 4. The van der Waals surface area contributed by atoms with Gasteiger partial charge in [0.1, 0.15) is 0 Å². The Hall–Kier alpha value is -2.53. The van der Waals surface area contributed by atoms with Crippen LogP contribution in [-0.2, 0) is 17.6 Å². The van der Waals surface area contributed by atoms with Crippen molar-refractivity contribution in [3.05, 3.63) is 59.2 Å². The summed E-state index contributed by atoms with van der Waals surface area (Å²) < 4.78 is 17.3. The first kappa shape index (κ1) is 25.1. The van der Waals surface area contributed by atoms with Crippen LogP contribution >= 0.6 is 0 Å². The van der Waals surface area contributed by atoms with Gasteiger partial charge in [0, 0.05) is 6.54 Å². The molecule has 0 saturated carbocycles. The summed E-state index contributed by atoms with van der Waals surface area (Å²) in [6.45, 7) is 12.2. The minimum Gasteiger partial charge on any atom is -0.493 e. The average molecular weight is 453 g/mol. The third-order valence-electron chi connectivity index (χ3n) is 6.18. The van der Waals surface area contributed by atoms with E-state index in [-0.39, 0.29) is 17.7 Å². The van der Waals surface area contributed by atoms with Gasteiger partial charge in [-0.1, -0.05) is 44.2 Å². The van der Waals surface area contributed by atoms with E-state index in [2.05, 4.69) is 88.3 Å². The topological polar surface area (TPSA) is 43.3 Å². The molecule has 0 fully saturated rings. The molecule has 0 spiro atoms. The summed E-state index contributed by atoms with van der Waals surface area (Å²) in [7, 11) is 3.39. The second-order valence-corrected chi connectivity index (χ2v) is 10.1. The standard InChI is InChI=1S/C28H40N2O3/c1-20(2)24(18-33-28(3,4)5)29-19-30-14-13-22-16-26(31-6)27(32-7)17-23(22)25(30)15-21-11-9-8-10-12-21/h8-12,16-17,19-20,24-25H,13-15,18H2,1-7H3/t24-,25+/m1/s1. The molecular formula is C28H40N2O3. The van der Waals surface area contributed by atoms with Crippen molar-refractivity contribution in [1.82, 2.24) is 4.90 Å². The van der Waals surface area contributed by atoms with Gasteiger partial charge in [0.25, 0.3) is 0 Å². The molecule has 1 aliphatic heterocycles. The maximum Gasteiger partial charge on any atom is 0.161 e. The zero-order valence-corrected chi connectivity index (χ0v) is 21.3. The predicted octanol–water partition coefficient (Wildman–Crippen LogP) is 5.71. The Bertz CT molecular complexity index is 919. The minimum absolute atomic E-state index is 0.119. The largest absolute Gasteiger partial charge is 0.493 e. The summed E-state index contributed by atoms with van der Waals surface area (Å²) in [5.74, 6) is 1.96. The van der Waals surface area contributed by atoms with Crippen molar-refractivity contribution in [3.63, 3.8) is 0 Å². The highest BCUT2D eigenvalue weighted by Gasteiger charge is 2.28. The van der Waals surface area contributed by atoms with Crippen LogP contribution in [0.1, 0.15) is 57.4 Å². The molecule has 2 aromatic rings. The molecule has 3 rings (SSSR count). The van der Waals surface area contributed by atoms with Crippen molar-refractivity contribution in [2.45, 2.75) is 65.1 Å². The number of fused-ring (bicyclic) bond motifs is 1. The molecule has 1 aliphatic rings. The summed E-state index contributed by atoms with van der Waals surface area (Å²) in [6.07, 6.45) is 3.90. The van der Waals surface area contributed by atoms with Crippen molar-refractivity contribution in [2.75, 3.05) is 27.4 Å². The number of aliphatic imine (C=N–C) groups is 1. The van der Waals surface area contributed by atoms with Crippen LogP contribution in [0.4, 0.5) is 0 Å². The Morgan fingerprint density at radius 3 is 2.33 bits per heavy atom. The molecule has 0 amide bonds. The van der Waals surface area contributed by atoms with Gasteiger partial charge >= 0.3 is 0 Å². The Labute approximate surface area is 199 Å². The smallest absolute Gasteiger partial charge is 0.161 e. The van der Waals surface area contributed by atoms with Gasteiger partial charge in [-0.3, -0.25) is 4.99 Å². The molecule has 5 nitrogen and oxygen atoms in total. The molecule has 0 saturated heterocycles. The van der Waals surface area contributed by atoms with Crippen molar-refractivity contribution in [1.29, 1.82) is 0 Å². The fourth-order valence-corrected chi connectivity index (χ4v) is 4.16. The van der Waals surface area contributed by atoms with Gasteiger partial charge in [0.05, 0.1) is 44.8 Å². The van der Waals surface area contributed by atoms with Crippen LogP contribution in [0.3, 0.4) is 0 Å². The monoisotopic (exact) mass is 452 g/mol. The van der Waals surface area contributed by atoms with E-state index < -0.39 is 0 Å². The molecule has 33 heavy (non-hydrogen) atoms. The number of rotatable bonds is 9. The molecule has 2 atom stereocenters. The lowest BCUT2D eigenvalue weighted by atomic mass is 9.88. The summed E-state index contributed by atoms with van der Waals surface area (Å²) in [4.78, 5) is 7.39. The van der Waals surface area contributed by atoms with Gasteiger partial charge in [-0.25, -0.2) is 0 Å². The van der Waals surface area contributed by atoms with E-state index in [1.165, 1.54) is 16.7 Å². The molecule has 1 heterocycles. The molecule has 5 heteroatoms. The normalized spacial score (nSPS) is 17.3. The van der Waals surface area contributed by atoms with Crippen molar-refractivity contribution < 1.29 is 14.2 Å². The van der Waals surface area contributed by atoms with Gasteiger partial charge in [-0.05, 0) is 68.4 Å². The molecule has 0 radical (unpaired) electrons. The van der Waals surface area contributed by atoms with Crippen LogP contribution in [0.25, 0.3) is 0 Å². The van der Waals surface area contributed by atoms with Crippen LogP contribution in [-0.4, -0.2) is 50.3 Å². The van der Waals surface area contributed by atoms with Crippen molar-refractivity contribution in [2.24, 2.45) is 10.9 Å². The zero-order chi connectivity index (χ0) is 24.0. The average Bonchev–Trinajstić information content (AvgIpc) is 2.78. The van der Waals surface area contributed by atoms with Crippen molar-refractivity contribution >= 4 is 6.34 Å². The minimum atomic E-state index is -0.168. The molecule has 0 aromatic heterocycles. The molecule has 2 aromatic carbocycles. The fraction of sp³-hybridized carbons (Fsp3) is 0.536. The number of ether oxygens (including phenoxy) is 3. The fourth-order valence-electron chi connectivity index (χ4n) is 4.16. The molecule has 0 bridgehead atoms. The second kappa shape index (κ2) is 11.1. The first-order valence-electron chi connectivity index (χ1n) is 11.9. The maximum atomic E-state index is 6.06. The third kappa shape index (κ3) is 6.73. The zero-order valence-electron chi connectivity index (χ0n) is 21.3. The van der Waals surface area contributed by atoms with E-state index in [1.807, 2.05) is 0 Å². The molecule has 180 valence electrons. The lowest BCUT2D eigenvalue weighted by molar-refractivity contribution is -0.0145. The van der Waals surface area contributed by atoms with E-state index in [0.717, 1.165) is 30.9 Å². The van der Waals surface area contributed by atoms with Crippen LogP contribution in [0.15, 0.2) is 47.5 Å². The summed E-state index contributed by atoms with van der Waals surface area (Å²) in [5, 5.41) is 0. The Morgan fingerprint density at radius 1 is 1.06 bits per heavy atom. The van der Waals surface area contributed by atoms with Crippen LogP contribution in [0, 0.1) is 5.92 Å². The summed E-state index contributed by atoms with van der Waals surface area (Å²) >= 11 is 0. The number of hydrogen-bond donors (Lipinski definition) is 0. The summed E-state index contributed by atoms with van der Waals surface area (Å²) in [5.41, 5.74) is 3.73. The van der Waals surface area contributed by atoms with Gasteiger partial charge in [0.15, 0.2) is 11.5 Å². The van der Waals surface area contributed by atoms with E-state index >= 15 is 0 Å². The van der Waals surface area contributed by atoms with E-state index in [9.17, 15) is 0 Å². The second-order valence-electron chi connectivity index (χ2n) is 10.1. The lowest BCUT2D eigenvalue weighted by Crippen LogP contribution is -2.37.